The first-order valence-electron chi connectivity index (χ1n) is 14.5. The molecule has 1 aliphatic carbocycles. The number of alkyl halides is 6. The second-order valence-corrected chi connectivity index (χ2v) is 11.9. The van der Waals surface area contributed by atoms with Crippen molar-refractivity contribution in [3.8, 4) is 5.75 Å². The van der Waals surface area contributed by atoms with Gasteiger partial charge in [0.2, 0.25) is 11.8 Å². The van der Waals surface area contributed by atoms with Gasteiger partial charge in [0.25, 0.3) is 0 Å². The fraction of sp³-hybridized carbons (Fsp3) is 0.455. The van der Waals surface area contributed by atoms with Crippen LogP contribution in [-0.4, -0.2) is 53.6 Å². The molecule has 0 aromatic heterocycles. The Hall–Kier alpha value is -3.68. The second-order valence-electron chi connectivity index (χ2n) is 11.9. The Bertz CT molecular complexity index is 1520. The minimum Gasteiger partial charge on any atom is -0.507 e. The molecule has 2 aromatic rings. The first kappa shape index (κ1) is 35.2. The quantitative estimate of drug-likeness (QED) is 0.165. The van der Waals surface area contributed by atoms with Crippen LogP contribution in [0.3, 0.4) is 0 Å². The zero-order valence-corrected chi connectivity index (χ0v) is 25.6. The molecule has 0 spiro atoms. The first-order chi connectivity index (χ1) is 21.4. The smallest absolute Gasteiger partial charge is 0.416 e. The number of aromatic hydroxyl groups is 1. The number of hydrogen-bond donors (Lipinski definition) is 3. The first-order valence-corrected chi connectivity index (χ1v) is 14.5. The summed E-state index contributed by atoms with van der Waals surface area (Å²) in [5.74, 6) is -5.53. The molecule has 0 saturated carbocycles. The lowest BCUT2D eigenvalue weighted by molar-refractivity contribution is -0.143. The number of phenols is 1. The molecule has 2 aromatic carbocycles. The van der Waals surface area contributed by atoms with Crippen LogP contribution in [0.25, 0.3) is 6.08 Å². The molecule has 7 nitrogen and oxygen atoms in total. The fourth-order valence-electron chi connectivity index (χ4n) is 6.54. The highest BCUT2D eigenvalue weighted by atomic mass is 19.4. The van der Waals surface area contributed by atoms with Gasteiger partial charge in [-0.15, -0.1) is 0 Å². The van der Waals surface area contributed by atoms with E-state index in [2.05, 4.69) is 0 Å². The number of nitrogens with zero attached hydrogens (tertiary/aromatic N) is 1. The summed E-state index contributed by atoms with van der Waals surface area (Å²) in [4.78, 5) is 27.6. The molecule has 4 atom stereocenters. The number of phenolic OH excluding ortho intramolecular Hbond substituents is 1. The van der Waals surface area contributed by atoms with Gasteiger partial charge in [0.1, 0.15) is 5.75 Å². The van der Waals surface area contributed by atoms with Crippen LogP contribution in [0.1, 0.15) is 54.0 Å². The number of amides is 2. The summed E-state index contributed by atoms with van der Waals surface area (Å²) in [7, 11) is 1.36. The highest BCUT2D eigenvalue weighted by Crippen LogP contribution is 2.48. The van der Waals surface area contributed by atoms with Crippen LogP contribution in [0.2, 0.25) is 0 Å². The Morgan fingerprint density at radius 2 is 1.57 bits per heavy atom. The van der Waals surface area contributed by atoms with Crippen LogP contribution in [-0.2, 0) is 26.7 Å². The lowest BCUT2D eigenvalue weighted by Gasteiger charge is -2.36. The van der Waals surface area contributed by atoms with Crippen LogP contribution in [0.4, 0.5) is 32.0 Å². The number of aryl methyl sites for hydroxylation is 2. The highest BCUT2D eigenvalue weighted by molar-refractivity contribution is 6.22. The fourth-order valence-corrected chi connectivity index (χ4v) is 6.54. The SMILES string of the molecule is COCC1=C([C@H](O)CC/C(C)=C/c2cc(C)c(O)c(C)c2)[C@H](CO)[C@@H]2C(=O)N(c3cc(C(F)(F)F)cc(C(F)(F)F)c3)C(=O)[C@@H]2C1. The number of allylic oxidation sites excluding steroid dienone is 1. The molecular weight excluding hydrogens is 620 g/mol. The molecule has 3 N–H and O–H groups in total. The predicted molar refractivity (Wildman–Crippen MR) is 156 cm³/mol. The number of hydrogen-bond acceptors (Lipinski definition) is 6. The van der Waals surface area contributed by atoms with Gasteiger partial charge in [-0.1, -0.05) is 11.6 Å². The summed E-state index contributed by atoms with van der Waals surface area (Å²) in [6.07, 6.45) is -9.34. The molecule has 0 bridgehead atoms. The predicted octanol–water partition coefficient (Wildman–Crippen LogP) is 6.35. The Kier molecular flexibility index (Phi) is 10.1. The average Bonchev–Trinajstić information content (AvgIpc) is 3.21. The van der Waals surface area contributed by atoms with E-state index in [9.17, 15) is 51.3 Å². The third kappa shape index (κ3) is 7.01. The topological polar surface area (TPSA) is 107 Å². The molecule has 1 fully saturated rings. The minimum atomic E-state index is -5.20. The molecule has 1 saturated heterocycles. The van der Waals surface area contributed by atoms with Gasteiger partial charge in [0, 0.05) is 13.0 Å². The van der Waals surface area contributed by atoms with Gasteiger partial charge in [0.15, 0.2) is 0 Å². The van der Waals surface area contributed by atoms with E-state index in [1.165, 1.54) is 7.11 Å². The standard InChI is InChI=1S/C33H35F6NO6/c1-16(7-19-8-17(2)29(43)18(3)9-19)5-6-26(42)27-20(15-46-4)10-24-28(25(27)14-41)31(45)40(30(24)44)23-12-21(32(34,35)36)11-22(13-23)33(37,38)39/h7-9,11-13,24-26,28,41-43H,5-6,10,14-15H2,1-4H3/b16-7+/t24-,25+,26-,28-/m1/s1. The number of anilines is 1. The van der Waals surface area contributed by atoms with Crippen molar-refractivity contribution in [1.29, 1.82) is 0 Å². The number of fused-ring (bicyclic) bond motifs is 1. The third-order valence-electron chi connectivity index (χ3n) is 8.63. The number of aliphatic hydroxyl groups is 2. The molecule has 4 rings (SSSR count). The molecule has 1 heterocycles. The van der Waals surface area contributed by atoms with Crippen molar-refractivity contribution < 1.29 is 56.0 Å². The summed E-state index contributed by atoms with van der Waals surface area (Å²) in [5, 5.41) is 31.9. The number of rotatable bonds is 9. The largest absolute Gasteiger partial charge is 0.507 e. The third-order valence-corrected chi connectivity index (χ3v) is 8.63. The number of carbonyl (C=O) groups is 2. The summed E-state index contributed by atoms with van der Waals surface area (Å²) in [6.45, 7) is 4.58. The van der Waals surface area contributed by atoms with E-state index < -0.39 is 71.4 Å². The number of benzene rings is 2. The van der Waals surface area contributed by atoms with Crippen molar-refractivity contribution in [3.05, 3.63) is 74.9 Å². The van der Waals surface area contributed by atoms with Crippen molar-refractivity contribution >= 4 is 23.6 Å². The molecule has 46 heavy (non-hydrogen) atoms. The highest BCUT2D eigenvalue weighted by Gasteiger charge is 2.55. The number of aliphatic hydroxyl groups excluding tert-OH is 2. The summed E-state index contributed by atoms with van der Waals surface area (Å²) >= 11 is 0. The van der Waals surface area contributed by atoms with Crippen molar-refractivity contribution in [3.63, 3.8) is 0 Å². The van der Waals surface area contributed by atoms with Gasteiger partial charge in [-0.2, -0.15) is 26.3 Å². The molecule has 2 amide bonds. The molecule has 13 heteroatoms. The van der Waals surface area contributed by atoms with E-state index in [0.717, 1.165) is 11.1 Å². The minimum absolute atomic E-state index is 0.0871. The lowest BCUT2D eigenvalue weighted by atomic mass is 9.68. The van der Waals surface area contributed by atoms with Gasteiger partial charge in [-0.3, -0.25) is 9.59 Å². The molecule has 0 unspecified atom stereocenters. The van der Waals surface area contributed by atoms with E-state index in [1.54, 1.807) is 26.0 Å². The molecular formula is C33H35F6NO6. The Morgan fingerprint density at radius 3 is 2.07 bits per heavy atom. The zero-order valence-electron chi connectivity index (χ0n) is 25.6. The maximum Gasteiger partial charge on any atom is 0.416 e. The molecule has 0 radical (unpaired) electrons. The van der Waals surface area contributed by atoms with Crippen molar-refractivity contribution in [1.82, 2.24) is 0 Å². The molecule has 250 valence electrons. The van der Waals surface area contributed by atoms with Crippen molar-refractivity contribution in [2.45, 2.75) is 58.5 Å². The maximum absolute atomic E-state index is 13.7. The number of imide groups is 1. The second kappa shape index (κ2) is 13.2. The zero-order chi connectivity index (χ0) is 34.3. The van der Waals surface area contributed by atoms with E-state index in [1.807, 2.05) is 13.0 Å². The summed E-state index contributed by atoms with van der Waals surface area (Å²) in [6, 6.07) is 4.16. The van der Waals surface area contributed by atoms with E-state index >= 15 is 0 Å². The molecule has 2 aliphatic rings. The normalized spacial score (nSPS) is 21.7. The van der Waals surface area contributed by atoms with Gasteiger partial charge < -0.3 is 20.1 Å². The van der Waals surface area contributed by atoms with Crippen LogP contribution in [0.15, 0.2) is 47.1 Å². The van der Waals surface area contributed by atoms with Gasteiger partial charge >= 0.3 is 12.4 Å². The Morgan fingerprint density at radius 1 is 1.00 bits per heavy atom. The number of halogens is 6. The lowest BCUT2D eigenvalue weighted by Crippen LogP contribution is -2.39. The maximum atomic E-state index is 13.7. The number of ether oxygens (including phenoxy) is 1. The molecule has 1 aliphatic heterocycles. The monoisotopic (exact) mass is 655 g/mol. The van der Waals surface area contributed by atoms with Crippen LogP contribution >= 0.6 is 0 Å². The van der Waals surface area contributed by atoms with Crippen LogP contribution in [0.5, 0.6) is 5.75 Å². The van der Waals surface area contributed by atoms with Gasteiger partial charge in [0.05, 0.1) is 48.0 Å². The summed E-state index contributed by atoms with van der Waals surface area (Å²) in [5.41, 5.74) is -0.451. The van der Waals surface area contributed by atoms with Crippen molar-refractivity contribution in [2.24, 2.45) is 17.8 Å². The number of carbonyl (C=O) groups excluding carboxylic acids is 2. The van der Waals surface area contributed by atoms with E-state index in [0.29, 0.717) is 40.2 Å². The number of methoxy groups -OCH3 is 1. The van der Waals surface area contributed by atoms with Gasteiger partial charge in [-0.25, -0.2) is 4.90 Å². The Balaban J connectivity index is 1.66. The average molecular weight is 656 g/mol. The summed E-state index contributed by atoms with van der Waals surface area (Å²) < 4.78 is 86.6. The van der Waals surface area contributed by atoms with Gasteiger partial charge in [-0.05, 0) is 98.2 Å². The Labute approximate surface area is 261 Å². The van der Waals surface area contributed by atoms with Crippen molar-refractivity contribution in [2.75, 3.05) is 25.2 Å². The van der Waals surface area contributed by atoms with Crippen LogP contribution in [0, 0.1) is 31.6 Å². The van der Waals surface area contributed by atoms with E-state index in [4.69, 9.17) is 4.74 Å². The van der Waals surface area contributed by atoms with Crippen LogP contribution < -0.4 is 4.90 Å². The van der Waals surface area contributed by atoms with E-state index in [-0.39, 0.29) is 36.8 Å².